The van der Waals surface area contributed by atoms with Gasteiger partial charge in [0.15, 0.2) is 0 Å². The summed E-state index contributed by atoms with van der Waals surface area (Å²) >= 11 is 1.84. The number of thiophene rings is 1. The number of carbonyl (C=O) groups is 1. The third kappa shape index (κ3) is 3.28. The van der Waals surface area contributed by atoms with Gasteiger partial charge in [0.2, 0.25) is 0 Å². The summed E-state index contributed by atoms with van der Waals surface area (Å²) < 4.78 is 8.18. The first-order valence-electron chi connectivity index (χ1n) is 9.89. The first-order valence-corrected chi connectivity index (χ1v) is 10.7. The maximum absolute atomic E-state index is 12.5. The number of hydrogen-bond acceptors (Lipinski definition) is 3. The third-order valence-corrected chi connectivity index (χ3v) is 6.52. The van der Waals surface area contributed by atoms with Crippen LogP contribution < -0.4 is 0 Å². The van der Waals surface area contributed by atoms with Crippen LogP contribution in [0.2, 0.25) is 0 Å². The Morgan fingerprint density at radius 2 is 1.69 bits per heavy atom. The summed E-state index contributed by atoms with van der Waals surface area (Å²) in [6, 6.07) is 21.7. The van der Waals surface area contributed by atoms with Crippen molar-refractivity contribution in [2.75, 3.05) is 0 Å². The molecule has 0 aliphatic carbocycles. The Kier molecular flexibility index (Phi) is 4.14. The number of rotatable bonds is 1. The Hall–Kier alpha value is -2.85. The summed E-state index contributed by atoms with van der Waals surface area (Å²) in [6.07, 6.45) is -0.248. The van der Waals surface area contributed by atoms with Gasteiger partial charge >= 0.3 is 6.09 Å². The number of hydrogen-bond donors (Lipinski definition) is 0. The summed E-state index contributed by atoms with van der Waals surface area (Å²) in [5.74, 6) is 0. The normalized spacial score (nSPS) is 13.8. The van der Waals surface area contributed by atoms with E-state index in [9.17, 15) is 4.79 Å². The van der Waals surface area contributed by atoms with Crippen molar-refractivity contribution < 1.29 is 9.53 Å². The minimum Gasteiger partial charge on any atom is -0.444 e. The molecule has 1 amide bonds. The molecule has 146 valence electrons. The minimum absolute atomic E-state index is 0.248. The summed E-state index contributed by atoms with van der Waals surface area (Å²) in [5.41, 5.74) is 4.37. The molecular formula is C25H23NO2S. The van der Waals surface area contributed by atoms with Crippen molar-refractivity contribution in [3.63, 3.8) is 0 Å². The zero-order chi connectivity index (χ0) is 20.2. The van der Waals surface area contributed by atoms with Crippen LogP contribution in [0, 0.1) is 0 Å². The Bertz CT molecular complexity index is 1250. The number of amides is 1. The number of ether oxygens (including phenoxy) is 1. The van der Waals surface area contributed by atoms with E-state index in [0.29, 0.717) is 13.1 Å². The Balaban J connectivity index is 1.51. The van der Waals surface area contributed by atoms with Gasteiger partial charge in [0.25, 0.3) is 0 Å². The van der Waals surface area contributed by atoms with Gasteiger partial charge in [0.1, 0.15) is 5.60 Å². The van der Waals surface area contributed by atoms with Gasteiger partial charge < -0.3 is 4.74 Å². The van der Waals surface area contributed by atoms with E-state index in [4.69, 9.17) is 4.74 Å². The largest absolute Gasteiger partial charge is 0.444 e. The quantitative estimate of drug-likeness (QED) is 0.345. The van der Waals surface area contributed by atoms with Gasteiger partial charge in [-0.05, 0) is 55.2 Å². The van der Waals surface area contributed by atoms with E-state index in [1.165, 1.54) is 42.4 Å². The van der Waals surface area contributed by atoms with Gasteiger partial charge in [-0.25, -0.2) is 4.79 Å². The molecule has 4 aromatic rings. The van der Waals surface area contributed by atoms with Gasteiger partial charge in [0.05, 0.1) is 0 Å². The SMILES string of the molecule is CC(C)(C)OC(=O)N1Cc2ccc(-c3cccc4c3sc3ccccc34)cc2C1. The highest BCUT2D eigenvalue weighted by atomic mass is 32.1. The predicted octanol–water partition coefficient (Wildman–Crippen LogP) is 6.97. The number of carbonyl (C=O) groups excluding carboxylic acids is 1. The molecule has 1 aliphatic rings. The van der Waals surface area contributed by atoms with Crippen molar-refractivity contribution in [1.29, 1.82) is 0 Å². The Morgan fingerprint density at radius 1 is 0.931 bits per heavy atom. The van der Waals surface area contributed by atoms with E-state index in [0.717, 1.165) is 0 Å². The maximum atomic E-state index is 12.5. The summed E-state index contributed by atoms with van der Waals surface area (Å²) in [4.78, 5) is 14.2. The van der Waals surface area contributed by atoms with Crippen molar-refractivity contribution in [2.45, 2.75) is 39.5 Å². The van der Waals surface area contributed by atoms with E-state index in [2.05, 4.69) is 60.7 Å². The monoisotopic (exact) mass is 401 g/mol. The molecule has 0 N–H and O–H groups in total. The zero-order valence-corrected chi connectivity index (χ0v) is 17.7. The Morgan fingerprint density at radius 3 is 2.52 bits per heavy atom. The lowest BCUT2D eigenvalue weighted by Crippen LogP contribution is -2.33. The van der Waals surface area contributed by atoms with E-state index < -0.39 is 5.60 Å². The van der Waals surface area contributed by atoms with Gasteiger partial charge in [0, 0.05) is 33.3 Å². The molecule has 3 nitrogen and oxygen atoms in total. The van der Waals surface area contributed by atoms with Crippen molar-refractivity contribution in [3.05, 3.63) is 71.8 Å². The van der Waals surface area contributed by atoms with E-state index in [-0.39, 0.29) is 6.09 Å². The lowest BCUT2D eigenvalue weighted by atomic mass is 9.99. The minimum atomic E-state index is -0.478. The fourth-order valence-corrected chi connectivity index (χ4v) is 5.23. The molecule has 2 heterocycles. The van der Waals surface area contributed by atoms with Crippen LogP contribution in [0.1, 0.15) is 31.9 Å². The molecule has 0 saturated heterocycles. The standard InChI is InChI=1S/C25H23NO2S/c1-25(2,3)28-24(27)26-14-17-12-11-16(13-18(17)15-26)19-8-6-9-21-20-7-4-5-10-22(20)29-23(19)21/h4-13H,14-15H2,1-3H3. The van der Waals surface area contributed by atoms with Crippen LogP contribution in [-0.4, -0.2) is 16.6 Å². The molecule has 1 aliphatic heterocycles. The fourth-order valence-electron chi connectivity index (χ4n) is 3.99. The van der Waals surface area contributed by atoms with Crippen molar-refractivity contribution >= 4 is 37.6 Å². The third-order valence-electron chi connectivity index (χ3n) is 5.30. The lowest BCUT2D eigenvalue weighted by Gasteiger charge is -2.24. The van der Waals surface area contributed by atoms with Crippen molar-refractivity contribution in [3.8, 4) is 11.1 Å². The summed E-state index contributed by atoms with van der Waals surface area (Å²) in [7, 11) is 0. The smallest absolute Gasteiger partial charge is 0.410 e. The molecule has 3 aromatic carbocycles. The molecular weight excluding hydrogens is 378 g/mol. The molecule has 0 radical (unpaired) electrons. The van der Waals surface area contributed by atoms with Crippen molar-refractivity contribution in [1.82, 2.24) is 4.90 Å². The van der Waals surface area contributed by atoms with E-state index in [1.54, 1.807) is 4.90 Å². The van der Waals surface area contributed by atoms with Gasteiger partial charge in [-0.1, -0.05) is 48.5 Å². The maximum Gasteiger partial charge on any atom is 0.410 e. The molecule has 29 heavy (non-hydrogen) atoms. The first kappa shape index (κ1) is 18.2. The van der Waals surface area contributed by atoms with E-state index >= 15 is 0 Å². The second kappa shape index (κ2) is 6.60. The average molecular weight is 402 g/mol. The molecule has 5 rings (SSSR count). The van der Waals surface area contributed by atoms with E-state index in [1.807, 2.05) is 32.1 Å². The lowest BCUT2D eigenvalue weighted by molar-refractivity contribution is 0.0242. The van der Waals surface area contributed by atoms with Crippen LogP contribution in [0.5, 0.6) is 0 Å². The number of nitrogens with zero attached hydrogens (tertiary/aromatic N) is 1. The second-order valence-electron chi connectivity index (χ2n) is 8.60. The number of benzene rings is 3. The molecule has 4 heteroatoms. The Labute approximate surface area is 174 Å². The highest BCUT2D eigenvalue weighted by molar-refractivity contribution is 7.26. The highest BCUT2D eigenvalue weighted by Gasteiger charge is 2.28. The topological polar surface area (TPSA) is 29.5 Å². The first-order chi connectivity index (χ1) is 13.9. The molecule has 0 fully saturated rings. The molecule has 0 unspecified atom stereocenters. The van der Waals surface area contributed by atoms with Crippen LogP contribution in [-0.2, 0) is 17.8 Å². The molecule has 0 atom stereocenters. The van der Waals surface area contributed by atoms with Gasteiger partial charge in [-0.2, -0.15) is 0 Å². The van der Waals surface area contributed by atoms with Crippen molar-refractivity contribution in [2.24, 2.45) is 0 Å². The average Bonchev–Trinajstić information content (AvgIpc) is 3.27. The van der Waals surface area contributed by atoms with Crippen LogP contribution in [0.3, 0.4) is 0 Å². The molecule has 0 bridgehead atoms. The highest BCUT2D eigenvalue weighted by Crippen LogP contribution is 2.40. The number of fused-ring (bicyclic) bond motifs is 4. The summed E-state index contributed by atoms with van der Waals surface area (Å²) in [5, 5.41) is 2.62. The molecule has 0 saturated carbocycles. The van der Waals surface area contributed by atoms with Crippen LogP contribution in [0.15, 0.2) is 60.7 Å². The second-order valence-corrected chi connectivity index (χ2v) is 9.65. The predicted molar refractivity (Wildman–Crippen MR) is 120 cm³/mol. The fraction of sp³-hybridized carbons (Fsp3) is 0.240. The molecule has 1 aromatic heterocycles. The van der Waals surface area contributed by atoms with Gasteiger partial charge in [-0.3, -0.25) is 4.90 Å². The zero-order valence-electron chi connectivity index (χ0n) is 16.9. The van der Waals surface area contributed by atoms with Crippen LogP contribution in [0.4, 0.5) is 4.79 Å². The summed E-state index contributed by atoms with van der Waals surface area (Å²) in [6.45, 7) is 6.91. The van der Waals surface area contributed by atoms with Gasteiger partial charge in [-0.15, -0.1) is 11.3 Å². The van der Waals surface area contributed by atoms with Crippen LogP contribution >= 0.6 is 11.3 Å². The molecule has 0 spiro atoms. The van der Waals surface area contributed by atoms with Crippen LogP contribution in [0.25, 0.3) is 31.3 Å².